The second-order valence-electron chi connectivity index (χ2n) is 3.45. The van der Waals surface area contributed by atoms with Crippen LogP contribution in [-0.4, -0.2) is 17.0 Å². The van der Waals surface area contributed by atoms with E-state index in [4.69, 9.17) is 0 Å². The van der Waals surface area contributed by atoms with E-state index in [0.29, 0.717) is 5.69 Å². The van der Waals surface area contributed by atoms with Crippen LogP contribution < -0.4 is 5.32 Å². The molecule has 0 atom stereocenters. The molecule has 0 bridgehead atoms. The Hall–Kier alpha value is -2.43. The largest absolute Gasteiger partial charge is 0.388 e. The monoisotopic (exact) mass is 229 g/mol. The van der Waals surface area contributed by atoms with Crippen molar-refractivity contribution in [2.45, 2.75) is 0 Å². The molecule has 17 heavy (non-hydrogen) atoms. The van der Waals surface area contributed by atoms with E-state index >= 15 is 0 Å². The van der Waals surface area contributed by atoms with Crippen LogP contribution in [0.4, 0.5) is 11.4 Å². The number of hydrogen-bond donors (Lipinski definition) is 1. The van der Waals surface area contributed by atoms with Crippen molar-refractivity contribution >= 4 is 11.4 Å². The zero-order chi connectivity index (χ0) is 12.3. The lowest BCUT2D eigenvalue weighted by Gasteiger charge is -2.07. The summed E-state index contributed by atoms with van der Waals surface area (Å²) in [4.78, 5) is 14.5. The molecule has 0 saturated carbocycles. The molecule has 0 amide bonds. The van der Waals surface area contributed by atoms with Crippen molar-refractivity contribution in [3.8, 4) is 11.3 Å². The highest BCUT2D eigenvalue weighted by Gasteiger charge is 2.11. The van der Waals surface area contributed by atoms with E-state index in [1.165, 1.54) is 12.1 Å². The highest BCUT2D eigenvalue weighted by Crippen LogP contribution is 2.29. The minimum absolute atomic E-state index is 0.0599. The Kier molecular flexibility index (Phi) is 3.00. The van der Waals surface area contributed by atoms with Crippen molar-refractivity contribution in [1.29, 1.82) is 0 Å². The summed E-state index contributed by atoms with van der Waals surface area (Å²) in [6.45, 7) is 0. The van der Waals surface area contributed by atoms with E-state index in [9.17, 15) is 10.1 Å². The lowest BCUT2D eigenvalue weighted by molar-refractivity contribution is -0.384. The first-order chi connectivity index (χ1) is 8.22. The van der Waals surface area contributed by atoms with Crippen molar-refractivity contribution in [2.75, 3.05) is 12.4 Å². The summed E-state index contributed by atoms with van der Waals surface area (Å²) in [6.07, 6.45) is 1.66. The van der Waals surface area contributed by atoms with E-state index in [1.807, 2.05) is 12.1 Å². The number of non-ortho nitro benzene ring substituents is 1. The predicted molar refractivity (Wildman–Crippen MR) is 65.9 cm³/mol. The smallest absolute Gasteiger partial charge is 0.270 e. The lowest BCUT2D eigenvalue weighted by atomic mass is 10.1. The van der Waals surface area contributed by atoms with Crippen LogP contribution in [0.25, 0.3) is 11.3 Å². The second kappa shape index (κ2) is 4.61. The molecule has 0 fully saturated rings. The summed E-state index contributed by atoms with van der Waals surface area (Å²) in [5.74, 6) is 0. The molecule has 5 nitrogen and oxygen atoms in total. The number of nitro benzene ring substituents is 1. The number of benzene rings is 1. The van der Waals surface area contributed by atoms with Crippen LogP contribution in [0.5, 0.6) is 0 Å². The number of pyridine rings is 1. The van der Waals surface area contributed by atoms with Crippen LogP contribution in [0.15, 0.2) is 42.6 Å². The van der Waals surface area contributed by atoms with Gasteiger partial charge in [-0.2, -0.15) is 0 Å². The van der Waals surface area contributed by atoms with Gasteiger partial charge < -0.3 is 5.32 Å². The fraction of sp³-hybridized carbons (Fsp3) is 0.0833. The van der Waals surface area contributed by atoms with Crippen LogP contribution in [0.3, 0.4) is 0 Å². The number of anilines is 1. The van der Waals surface area contributed by atoms with Crippen molar-refractivity contribution < 1.29 is 4.92 Å². The molecule has 1 N–H and O–H groups in total. The summed E-state index contributed by atoms with van der Waals surface area (Å²) in [5, 5.41) is 13.7. The fourth-order valence-electron chi connectivity index (χ4n) is 1.60. The van der Waals surface area contributed by atoms with Crippen molar-refractivity contribution in [3.63, 3.8) is 0 Å². The molecule has 0 radical (unpaired) electrons. The van der Waals surface area contributed by atoms with Gasteiger partial charge in [0.15, 0.2) is 0 Å². The molecular formula is C12H11N3O2. The molecule has 0 unspecified atom stereocenters. The Morgan fingerprint density at radius 1 is 1.29 bits per heavy atom. The number of rotatable bonds is 3. The van der Waals surface area contributed by atoms with Crippen LogP contribution in [0, 0.1) is 10.1 Å². The predicted octanol–water partition coefficient (Wildman–Crippen LogP) is 2.70. The van der Waals surface area contributed by atoms with Gasteiger partial charge in [-0.25, -0.2) is 0 Å². The third-order valence-electron chi connectivity index (χ3n) is 2.42. The summed E-state index contributed by atoms with van der Waals surface area (Å²) in [7, 11) is 1.77. The molecule has 1 aromatic carbocycles. The van der Waals surface area contributed by atoms with Crippen LogP contribution in [-0.2, 0) is 0 Å². The van der Waals surface area contributed by atoms with E-state index in [0.717, 1.165) is 11.3 Å². The molecule has 0 aliphatic heterocycles. The molecule has 86 valence electrons. The van der Waals surface area contributed by atoms with Gasteiger partial charge in [0.25, 0.3) is 5.69 Å². The maximum absolute atomic E-state index is 10.7. The fourth-order valence-corrected chi connectivity index (χ4v) is 1.60. The minimum Gasteiger partial charge on any atom is -0.388 e. The van der Waals surface area contributed by atoms with E-state index in [2.05, 4.69) is 10.3 Å². The number of nitrogens with zero attached hydrogens (tertiary/aromatic N) is 2. The second-order valence-corrected chi connectivity index (χ2v) is 3.45. The third-order valence-corrected chi connectivity index (χ3v) is 2.42. The number of hydrogen-bond acceptors (Lipinski definition) is 4. The average Bonchev–Trinajstić information content (AvgIpc) is 2.39. The minimum atomic E-state index is -0.411. The molecule has 2 aromatic rings. The van der Waals surface area contributed by atoms with Crippen molar-refractivity contribution in [1.82, 2.24) is 4.98 Å². The average molecular weight is 229 g/mol. The molecule has 1 heterocycles. The van der Waals surface area contributed by atoms with Gasteiger partial charge in [-0.15, -0.1) is 0 Å². The van der Waals surface area contributed by atoms with Gasteiger partial charge >= 0.3 is 0 Å². The summed E-state index contributed by atoms with van der Waals surface area (Å²) in [6, 6.07) is 10.1. The highest BCUT2D eigenvalue weighted by molar-refractivity contribution is 5.77. The Morgan fingerprint density at radius 2 is 2.12 bits per heavy atom. The lowest BCUT2D eigenvalue weighted by Crippen LogP contribution is -1.95. The summed E-state index contributed by atoms with van der Waals surface area (Å²) >= 11 is 0. The molecule has 0 saturated heterocycles. The standard InChI is InChI=1S/C12H11N3O2/c1-13-11-6-5-9(15(16)17)8-10(11)12-4-2-3-7-14-12/h2-8,13H,1H3. The maximum atomic E-state index is 10.7. The number of aromatic nitrogens is 1. The quantitative estimate of drug-likeness (QED) is 0.649. The van der Waals surface area contributed by atoms with E-state index in [1.54, 1.807) is 25.4 Å². The van der Waals surface area contributed by atoms with Crippen LogP contribution in [0.2, 0.25) is 0 Å². The topological polar surface area (TPSA) is 68.1 Å². The van der Waals surface area contributed by atoms with Crippen LogP contribution >= 0.6 is 0 Å². The maximum Gasteiger partial charge on any atom is 0.270 e. The number of nitrogens with one attached hydrogen (secondary N) is 1. The Bertz CT molecular complexity index is 541. The molecule has 0 aliphatic rings. The number of nitro groups is 1. The Labute approximate surface area is 98.3 Å². The van der Waals surface area contributed by atoms with Crippen LogP contribution in [0.1, 0.15) is 0 Å². The molecule has 0 aliphatic carbocycles. The summed E-state index contributed by atoms with van der Waals surface area (Å²) in [5.41, 5.74) is 2.31. The van der Waals surface area contributed by atoms with Gasteiger partial charge in [-0.05, 0) is 18.2 Å². The highest BCUT2D eigenvalue weighted by atomic mass is 16.6. The summed E-state index contributed by atoms with van der Waals surface area (Å²) < 4.78 is 0. The molecule has 1 aromatic heterocycles. The Balaban J connectivity index is 2.58. The third kappa shape index (κ3) is 2.23. The normalized spacial score (nSPS) is 9.94. The first kappa shape index (κ1) is 11.1. The molecule has 0 spiro atoms. The van der Waals surface area contributed by atoms with Gasteiger partial charge in [0.1, 0.15) is 0 Å². The Morgan fingerprint density at radius 3 is 2.71 bits per heavy atom. The van der Waals surface area contributed by atoms with Gasteiger partial charge in [-0.3, -0.25) is 15.1 Å². The molecule has 5 heteroatoms. The zero-order valence-electron chi connectivity index (χ0n) is 9.25. The van der Waals surface area contributed by atoms with Gasteiger partial charge in [-0.1, -0.05) is 6.07 Å². The van der Waals surface area contributed by atoms with Gasteiger partial charge in [0.05, 0.1) is 10.6 Å². The molecular weight excluding hydrogens is 218 g/mol. The van der Waals surface area contributed by atoms with Gasteiger partial charge in [0, 0.05) is 36.6 Å². The first-order valence-electron chi connectivity index (χ1n) is 5.10. The van der Waals surface area contributed by atoms with E-state index < -0.39 is 4.92 Å². The first-order valence-corrected chi connectivity index (χ1v) is 5.10. The zero-order valence-corrected chi connectivity index (χ0v) is 9.25. The SMILES string of the molecule is CNc1ccc([N+](=O)[O-])cc1-c1ccccn1. The van der Waals surface area contributed by atoms with Gasteiger partial charge in [0.2, 0.25) is 0 Å². The van der Waals surface area contributed by atoms with Crippen molar-refractivity contribution in [2.24, 2.45) is 0 Å². The van der Waals surface area contributed by atoms with E-state index in [-0.39, 0.29) is 5.69 Å². The van der Waals surface area contributed by atoms with Crippen molar-refractivity contribution in [3.05, 3.63) is 52.7 Å². The molecule has 2 rings (SSSR count).